The molecular weight excluding hydrogens is 638 g/mol. The molecule has 50 heavy (non-hydrogen) atoms. The van der Waals surface area contributed by atoms with E-state index in [2.05, 4.69) is 56.9 Å². The highest BCUT2D eigenvalue weighted by Gasteiger charge is 2.58. The van der Waals surface area contributed by atoms with E-state index in [4.69, 9.17) is 16.3 Å². The van der Waals surface area contributed by atoms with Crippen molar-refractivity contribution < 1.29 is 14.6 Å². The van der Waals surface area contributed by atoms with Crippen LogP contribution in [0.5, 0.6) is 5.75 Å². The Bertz CT molecular complexity index is 1650. The van der Waals surface area contributed by atoms with Crippen molar-refractivity contribution in [3.63, 3.8) is 0 Å². The smallest absolute Gasteiger partial charge is 0.155 e. The minimum absolute atomic E-state index is 0.0823. The zero-order valence-corrected chi connectivity index (χ0v) is 31.3. The molecule has 0 amide bonds. The molecule has 0 radical (unpaired) electrons. The lowest BCUT2D eigenvalue weighted by Gasteiger charge is -2.57. The lowest BCUT2D eigenvalue weighted by atomic mass is 9.47. The normalized spacial score (nSPS) is 29.1. The summed E-state index contributed by atoms with van der Waals surface area (Å²) in [7, 11) is 0. The Hall–Kier alpha value is -3.18. The summed E-state index contributed by atoms with van der Waals surface area (Å²) in [6.07, 6.45) is 10.7. The molecule has 4 aliphatic rings. The fourth-order valence-electron chi connectivity index (χ4n) is 9.84. The Labute approximate surface area is 305 Å². The van der Waals surface area contributed by atoms with Crippen LogP contribution in [0.25, 0.3) is 10.6 Å². The number of aliphatic hydroxyl groups is 1. The van der Waals surface area contributed by atoms with E-state index in [1.807, 2.05) is 66.7 Å². The van der Waals surface area contributed by atoms with Crippen LogP contribution < -0.4 is 4.74 Å². The average Bonchev–Trinajstić information content (AvgIpc) is 3.46. The molecular formula is C45H56ClNO3. The van der Waals surface area contributed by atoms with Crippen molar-refractivity contribution in [3.05, 3.63) is 113 Å². The summed E-state index contributed by atoms with van der Waals surface area (Å²) in [5, 5.41) is 11.2. The maximum Gasteiger partial charge on any atom is 0.155 e. The molecule has 0 bridgehead atoms. The van der Waals surface area contributed by atoms with E-state index in [-0.39, 0.29) is 16.9 Å². The first-order valence-electron chi connectivity index (χ1n) is 19.1. The van der Waals surface area contributed by atoms with Crippen LogP contribution in [-0.2, 0) is 4.79 Å². The average molecular weight is 694 g/mol. The van der Waals surface area contributed by atoms with Crippen LogP contribution >= 0.6 is 11.6 Å². The van der Waals surface area contributed by atoms with Gasteiger partial charge in [0.15, 0.2) is 5.78 Å². The summed E-state index contributed by atoms with van der Waals surface area (Å²) in [5.41, 5.74) is 6.08. The molecule has 0 aliphatic heterocycles. The minimum Gasteiger partial charge on any atom is -0.492 e. The third-order valence-corrected chi connectivity index (χ3v) is 13.3. The fourth-order valence-corrected chi connectivity index (χ4v) is 10.2. The maximum absolute atomic E-state index is 11.8. The van der Waals surface area contributed by atoms with E-state index in [9.17, 15) is 9.90 Å². The van der Waals surface area contributed by atoms with Gasteiger partial charge in [0.05, 0.1) is 11.1 Å². The summed E-state index contributed by atoms with van der Waals surface area (Å²) in [6, 6.07) is 28.6. The van der Waals surface area contributed by atoms with Crippen molar-refractivity contribution in [1.29, 1.82) is 0 Å². The number of carbonyl (C=O) groups is 1. The highest BCUT2D eigenvalue weighted by molar-refractivity contribution is 6.53. The second kappa shape index (κ2) is 16.0. The van der Waals surface area contributed by atoms with Gasteiger partial charge in [0, 0.05) is 18.5 Å². The standard InChI is InChI=1S/C26H28ClNO.C19H28O2/c1-3-28(4-2)19-20-29-24-17-15-22(16-18-24)25(21-11-7-5-8-12-21)26(27)23-13-9-6-10-14-23;1-18-9-7-13(20)11-12(18)3-4-14-15-5-6-17(21)19(15,2)10-8-16(14)18/h5-18H,3-4,19-20H2,1-2H3;11,14-17,21H,3-10H2,1-2H3/b26-25+;/t;14-,15-,16-,17-,18-,19-/m.0/s1. The number of nitrogens with zero attached hydrogens (tertiary/aromatic N) is 1. The summed E-state index contributed by atoms with van der Waals surface area (Å²) >= 11 is 6.87. The number of benzene rings is 3. The highest BCUT2D eigenvalue weighted by Crippen LogP contribution is 2.65. The summed E-state index contributed by atoms with van der Waals surface area (Å²) in [4.78, 5) is 14.1. The molecule has 6 atom stereocenters. The predicted molar refractivity (Wildman–Crippen MR) is 207 cm³/mol. The molecule has 0 aromatic heterocycles. The minimum atomic E-state index is -0.0823. The number of fused-ring (bicyclic) bond motifs is 5. The van der Waals surface area contributed by atoms with E-state index < -0.39 is 0 Å². The van der Waals surface area contributed by atoms with E-state index in [1.165, 1.54) is 31.3 Å². The predicted octanol–water partition coefficient (Wildman–Crippen LogP) is 10.4. The number of rotatable bonds is 9. The number of likely N-dealkylation sites (N-methyl/N-ethyl adjacent to an activating group) is 1. The van der Waals surface area contributed by atoms with Crippen molar-refractivity contribution in [2.24, 2.45) is 28.6 Å². The maximum atomic E-state index is 11.8. The lowest BCUT2D eigenvalue weighted by molar-refractivity contribution is -0.118. The van der Waals surface area contributed by atoms with Gasteiger partial charge in [-0.3, -0.25) is 4.79 Å². The molecule has 0 heterocycles. The SMILES string of the molecule is CCN(CC)CCOc1ccc(/C(=C(/Cl)c2ccccc2)c2ccccc2)cc1.C[C@]12CC[C@H]3[C@@H](CCC4=CC(=O)CC[C@@]43C)[C@@H]1CC[C@@H]2O. The molecule has 4 nitrogen and oxygen atoms in total. The van der Waals surface area contributed by atoms with Gasteiger partial charge in [-0.2, -0.15) is 0 Å². The zero-order chi connectivity index (χ0) is 35.3. The molecule has 0 unspecified atom stereocenters. The van der Waals surface area contributed by atoms with Gasteiger partial charge in [0.2, 0.25) is 0 Å². The van der Waals surface area contributed by atoms with E-state index in [0.717, 1.165) is 90.2 Å². The first-order valence-corrected chi connectivity index (χ1v) is 19.4. The van der Waals surface area contributed by atoms with Gasteiger partial charge >= 0.3 is 0 Å². The van der Waals surface area contributed by atoms with Crippen molar-refractivity contribution in [2.45, 2.75) is 85.2 Å². The van der Waals surface area contributed by atoms with Gasteiger partial charge in [-0.1, -0.05) is 118 Å². The van der Waals surface area contributed by atoms with Crippen LogP contribution in [0.3, 0.4) is 0 Å². The van der Waals surface area contributed by atoms with E-state index in [0.29, 0.717) is 18.3 Å². The van der Waals surface area contributed by atoms with Crippen LogP contribution in [0, 0.1) is 28.6 Å². The van der Waals surface area contributed by atoms with Crippen LogP contribution in [0.4, 0.5) is 0 Å². The highest BCUT2D eigenvalue weighted by atomic mass is 35.5. The monoisotopic (exact) mass is 693 g/mol. The first kappa shape index (κ1) is 36.6. The van der Waals surface area contributed by atoms with E-state index in [1.54, 1.807) is 0 Å². The van der Waals surface area contributed by atoms with Gasteiger partial charge in [0.25, 0.3) is 0 Å². The largest absolute Gasteiger partial charge is 0.492 e. The molecule has 266 valence electrons. The Balaban J connectivity index is 0.000000181. The second-order valence-electron chi connectivity index (χ2n) is 15.4. The number of hydrogen-bond donors (Lipinski definition) is 1. The van der Waals surface area contributed by atoms with Crippen molar-refractivity contribution >= 4 is 28.0 Å². The molecule has 3 aromatic carbocycles. The van der Waals surface area contributed by atoms with Crippen LogP contribution in [-0.4, -0.2) is 48.1 Å². The number of ketones is 1. The lowest BCUT2D eigenvalue weighted by Crippen LogP contribution is -2.51. The zero-order valence-electron chi connectivity index (χ0n) is 30.5. The third-order valence-electron chi connectivity index (χ3n) is 12.9. The topological polar surface area (TPSA) is 49.8 Å². The molecule has 7 rings (SSSR count). The number of aliphatic hydroxyl groups excluding tert-OH is 1. The number of allylic oxidation sites excluding steroid dienone is 1. The Morgan fingerprint density at radius 2 is 1.44 bits per heavy atom. The number of hydrogen-bond acceptors (Lipinski definition) is 4. The summed E-state index contributed by atoms with van der Waals surface area (Å²) in [5.74, 6) is 3.45. The van der Waals surface area contributed by atoms with Gasteiger partial charge in [-0.05, 0) is 122 Å². The van der Waals surface area contributed by atoms with E-state index >= 15 is 0 Å². The van der Waals surface area contributed by atoms with Crippen molar-refractivity contribution in [3.8, 4) is 5.75 Å². The molecule has 0 spiro atoms. The Morgan fingerprint density at radius 3 is 2.10 bits per heavy atom. The molecule has 3 fully saturated rings. The molecule has 3 saturated carbocycles. The molecule has 3 aromatic rings. The molecule has 5 heteroatoms. The third kappa shape index (κ3) is 7.54. The van der Waals surface area contributed by atoms with Crippen LogP contribution in [0.1, 0.15) is 95.8 Å². The van der Waals surface area contributed by atoms with Gasteiger partial charge in [-0.15, -0.1) is 0 Å². The molecule has 0 saturated heterocycles. The summed E-state index contributed by atoms with van der Waals surface area (Å²) in [6.45, 7) is 12.8. The van der Waals surface area contributed by atoms with Crippen LogP contribution in [0.2, 0.25) is 0 Å². The van der Waals surface area contributed by atoms with Gasteiger partial charge < -0.3 is 14.7 Å². The Kier molecular flexibility index (Phi) is 11.7. The fraction of sp³-hybridized carbons (Fsp3) is 0.489. The second-order valence-corrected chi connectivity index (χ2v) is 15.8. The molecule has 4 aliphatic carbocycles. The Morgan fingerprint density at radius 1 is 0.800 bits per heavy atom. The van der Waals surface area contributed by atoms with Crippen molar-refractivity contribution in [1.82, 2.24) is 4.90 Å². The number of ether oxygens (including phenoxy) is 1. The molecule has 1 N–H and O–H groups in total. The van der Waals surface area contributed by atoms with Crippen molar-refractivity contribution in [2.75, 3.05) is 26.2 Å². The number of carbonyl (C=O) groups excluding carboxylic acids is 1. The first-order chi connectivity index (χ1) is 24.2. The summed E-state index contributed by atoms with van der Waals surface area (Å²) < 4.78 is 5.94. The quantitative estimate of drug-likeness (QED) is 0.227. The van der Waals surface area contributed by atoms with Gasteiger partial charge in [0.1, 0.15) is 12.4 Å². The van der Waals surface area contributed by atoms with Gasteiger partial charge in [-0.25, -0.2) is 0 Å². The number of halogens is 1. The van der Waals surface area contributed by atoms with Crippen LogP contribution in [0.15, 0.2) is 96.6 Å².